The third-order valence-electron chi connectivity index (χ3n) is 2.52. The molecule has 1 aliphatic carbocycles. The van der Waals surface area contributed by atoms with Crippen molar-refractivity contribution in [1.82, 2.24) is 0 Å². The largest absolute Gasteiger partial charge is 0.246 e. The van der Waals surface area contributed by atoms with Crippen LogP contribution in [0.1, 0.15) is 11.1 Å². The van der Waals surface area contributed by atoms with Gasteiger partial charge in [-0.25, -0.2) is 10.0 Å². The second kappa shape index (κ2) is 3.47. The summed E-state index contributed by atoms with van der Waals surface area (Å²) in [5.74, 6) is 1.27. The van der Waals surface area contributed by atoms with Gasteiger partial charge in [-0.1, -0.05) is 30.3 Å². The topological polar surface area (TPSA) is 0 Å². The van der Waals surface area contributed by atoms with Gasteiger partial charge in [0, 0.05) is 5.75 Å². The molecule has 0 aromatic heterocycles. The van der Waals surface area contributed by atoms with E-state index in [-0.39, 0.29) is 0 Å². The van der Waals surface area contributed by atoms with Crippen LogP contribution in [0.4, 0.5) is 0 Å². The van der Waals surface area contributed by atoms with Crippen molar-refractivity contribution in [3.8, 4) is 0 Å². The molecule has 76 valence electrons. The normalized spacial score (nSPS) is 16.4. The van der Waals surface area contributed by atoms with E-state index in [0.717, 1.165) is 6.42 Å². The number of hydrogen-bond acceptors (Lipinski definition) is 0. The predicted octanol–water partition coefficient (Wildman–Crippen LogP) is 3.32. The second-order valence-electron chi connectivity index (χ2n) is 4.83. The van der Waals surface area contributed by atoms with Crippen LogP contribution >= 0.6 is 10.0 Å². The van der Waals surface area contributed by atoms with E-state index in [0.29, 0.717) is 0 Å². The van der Waals surface area contributed by atoms with Gasteiger partial charge >= 0.3 is 0 Å². The summed E-state index contributed by atoms with van der Waals surface area (Å²) in [7, 11) is -0.419. The molecular formula is C13H18S. The van der Waals surface area contributed by atoms with Gasteiger partial charge in [0.25, 0.3) is 0 Å². The zero-order valence-electron chi connectivity index (χ0n) is 9.21. The first kappa shape index (κ1) is 9.85. The lowest BCUT2D eigenvalue weighted by Gasteiger charge is -2.26. The maximum atomic E-state index is 2.41. The predicted molar refractivity (Wildman–Crippen MR) is 68.4 cm³/mol. The summed E-state index contributed by atoms with van der Waals surface area (Å²) in [5, 5.41) is 0. The smallest absolute Gasteiger partial charge is 0.00207 e. The molecule has 0 heterocycles. The minimum Gasteiger partial charge on any atom is -0.246 e. The van der Waals surface area contributed by atoms with Crippen LogP contribution in [0.25, 0.3) is 5.57 Å². The molecule has 0 N–H and O–H groups in total. The highest BCUT2D eigenvalue weighted by Gasteiger charge is 2.16. The Labute approximate surface area is 88.3 Å². The lowest BCUT2D eigenvalue weighted by Crippen LogP contribution is -2.00. The highest BCUT2D eigenvalue weighted by molar-refractivity contribution is 8.32. The lowest BCUT2D eigenvalue weighted by molar-refractivity contribution is 1.31. The van der Waals surface area contributed by atoms with Crippen molar-refractivity contribution in [3.63, 3.8) is 0 Å². The summed E-state index contributed by atoms with van der Waals surface area (Å²) in [5.41, 5.74) is 4.57. The van der Waals surface area contributed by atoms with E-state index < -0.39 is 10.0 Å². The lowest BCUT2D eigenvalue weighted by atomic mass is 10.1. The van der Waals surface area contributed by atoms with Crippen LogP contribution in [0.5, 0.6) is 0 Å². The van der Waals surface area contributed by atoms with Crippen LogP contribution < -0.4 is 0 Å². The van der Waals surface area contributed by atoms with Crippen LogP contribution in [0.15, 0.2) is 30.3 Å². The monoisotopic (exact) mass is 206 g/mol. The molecule has 1 aromatic carbocycles. The molecule has 0 unspecified atom stereocenters. The van der Waals surface area contributed by atoms with E-state index in [1.54, 1.807) is 5.57 Å². The summed E-state index contributed by atoms with van der Waals surface area (Å²) < 4.78 is 0. The Morgan fingerprint density at radius 2 is 1.86 bits per heavy atom. The zero-order valence-corrected chi connectivity index (χ0v) is 10.0. The van der Waals surface area contributed by atoms with Crippen molar-refractivity contribution < 1.29 is 0 Å². The first-order chi connectivity index (χ1) is 6.56. The summed E-state index contributed by atoms with van der Waals surface area (Å²) in [6.45, 7) is 0. The van der Waals surface area contributed by atoms with Gasteiger partial charge in [0.15, 0.2) is 0 Å². The molecule has 0 saturated heterocycles. The fourth-order valence-corrected chi connectivity index (χ4v) is 3.16. The third kappa shape index (κ3) is 2.03. The minimum atomic E-state index is -0.419. The van der Waals surface area contributed by atoms with Crippen molar-refractivity contribution in [2.75, 3.05) is 24.5 Å². The van der Waals surface area contributed by atoms with Gasteiger partial charge in [-0.05, 0) is 41.9 Å². The third-order valence-corrected chi connectivity index (χ3v) is 3.70. The highest BCUT2D eigenvalue weighted by atomic mass is 32.3. The van der Waals surface area contributed by atoms with Crippen molar-refractivity contribution in [1.29, 1.82) is 0 Å². The Balaban J connectivity index is 2.25. The SMILES string of the molecule is CS(C)(C)CC1=CCc2ccccc21. The number of rotatable bonds is 2. The van der Waals surface area contributed by atoms with E-state index in [1.165, 1.54) is 16.9 Å². The quantitative estimate of drug-likeness (QED) is 0.696. The van der Waals surface area contributed by atoms with E-state index in [4.69, 9.17) is 0 Å². The summed E-state index contributed by atoms with van der Waals surface area (Å²) in [6.07, 6.45) is 10.7. The van der Waals surface area contributed by atoms with Gasteiger partial charge in [0.2, 0.25) is 0 Å². The summed E-state index contributed by atoms with van der Waals surface area (Å²) in [4.78, 5) is 0. The average molecular weight is 206 g/mol. The first-order valence-corrected chi connectivity index (χ1v) is 8.02. The molecule has 0 spiro atoms. The molecule has 0 bridgehead atoms. The summed E-state index contributed by atoms with van der Waals surface area (Å²) in [6, 6.07) is 8.80. The van der Waals surface area contributed by atoms with E-state index in [9.17, 15) is 0 Å². The van der Waals surface area contributed by atoms with E-state index in [2.05, 4.69) is 49.1 Å². The molecule has 0 atom stereocenters. The molecule has 0 saturated carbocycles. The number of benzene rings is 1. The van der Waals surface area contributed by atoms with Crippen molar-refractivity contribution >= 4 is 15.6 Å². The van der Waals surface area contributed by atoms with Crippen LogP contribution in [0.3, 0.4) is 0 Å². The fraction of sp³-hybridized carbons (Fsp3) is 0.385. The Kier molecular flexibility index (Phi) is 2.44. The van der Waals surface area contributed by atoms with E-state index >= 15 is 0 Å². The van der Waals surface area contributed by atoms with Gasteiger partial charge in [0.05, 0.1) is 0 Å². The zero-order chi connectivity index (χ0) is 10.2. The van der Waals surface area contributed by atoms with Gasteiger partial charge < -0.3 is 0 Å². The molecule has 0 fully saturated rings. The molecule has 1 aliphatic rings. The molecule has 0 aliphatic heterocycles. The molecular weight excluding hydrogens is 188 g/mol. The number of allylic oxidation sites excluding steroid dienone is 1. The average Bonchev–Trinajstić information content (AvgIpc) is 2.47. The Morgan fingerprint density at radius 3 is 2.57 bits per heavy atom. The van der Waals surface area contributed by atoms with Crippen LogP contribution in [-0.4, -0.2) is 24.5 Å². The molecule has 1 heteroatoms. The number of hydrogen-bond donors (Lipinski definition) is 0. The minimum absolute atomic E-state index is 0.419. The maximum absolute atomic E-state index is 2.41. The van der Waals surface area contributed by atoms with Crippen molar-refractivity contribution in [3.05, 3.63) is 41.5 Å². The van der Waals surface area contributed by atoms with E-state index in [1.807, 2.05) is 0 Å². The fourth-order valence-electron chi connectivity index (χ4n) is 1.96. The standard InChI is InChI=1S/C13H18S/c1-14(2,3)10-12-9-8-11-6-4-5-7-13(11)12/h4-7,9H,8,10H2,1-3H3. The van der Waals surface area contributed by atoms with Crippen LogP contribution in [-0.2, 0) is 6.42 Å². The molecule has 0 radical (unpaired) electrons. The van der Waals surface area contributed by atoms with Gasteiger partial charge in [-0.2, -0.15) is 0 Å². The maximum Gasteiger partial charge on any atom is 0.00207 e. The Morgan fingerprint density at radius 1 is 1.14 bits per heavy atom. The van der Waals surface area contributed by atoms with Crippen LogP contribution in [0.2, 0.25) is 0 Å². The van der Waals surface area contributed by atoms with Crippen molar-refractivity contribution in [2.45, 2.75) is 6.42 Å². The molecule has 14 heavy (non-hydrogen) atoms. The Hall–Kier alpha value is -0.690. The van der Waals surface area contributed by atoms with Crippen LogP contribution in [0, 0.1) is 0 Å². The first-order valence-electron chi connectivity index (χ1n) is 4.99. The molecule has 2 rings (SSSR count). The highest BCUT2D eigenvalue weighted by Crippen LogP contribution is 2.42. The van der Waals surface area contributed by atoms with Gasteiger partial charge in [-0.15, -0.1) is 0 Å². The molecule has 0 amide bonds. The van der Waals surface area contributed by atoms with Gasteiger partial charge in [-0.3, -0.25) is 0 Å². The second-order valence-corrected chi connectivity index (χ2v) is 9.30. The van der Waals surface area contributed by atoms with Gasteiger partial charge in [0.1, 0.15) is 0 Å². The molecule has 1 aromatic rings. The summed E-state index contributed by atoms with van der Waals surface area (Å²) >= 11 is 0. The Bertz CT molecular complexity index is 369. The van der Waals surface area contributed by atoms with Crippen molar-refractivity contribution in [2.24, 2.45) is 0 Å². The molecule has 0 nitrogen and oxygen atoms in total. The number of fused-ring (bicyclic) bond motifs is 1.